The molecule has 0 saturated carbocycles. The van der Waals surface area contributed by atoms with Gasteiger partial charge in [0.25, 0.3) is 11.8 Å². The largest absolute Gasteiger partial charge is 0.477 e. The lowest BCUT2D eigenvalue weighted by atomic mass is 10.0. The Morgan fingerprint density at radius 3 is 2.86 bits per heavy atom. The summed E-state index contributed by atoms with van der Waals surface area (Å²) in [7, 11) is 1.29. The molecule has 0 spiro atoms. The van der Waals surface area contributed by atoms with Crippen LogP contribution in [0.1, 0.15) is 5.69 Å². The van der Waals surface area contributed by atoms with Crippen LogP contribution < -0.4 is 11.1 Å². The van der Waals surface area contributed by atoms with Crippen molar-refractivity contribution in [3.05, 3.63) is 46.6 Å². The lowest BCUT2D eigenvalue weighted by Crippen LogP contribution is -2.71. The number of anilines is 1. The summed E-state index contributed by atoms with van der Waals surface area (Å²) >= 11 is 5.51. The second-order valence-corrected chi connectivity index (χ2v) is 11.8. The number of thioether (sulfide) groups is 2. The second-order valence-electron chi connectivity index (χ2n) is 7.55. The number of carbonyl (C=O) groups is 3. The molecule has 1 unspecified atom stereocenters. The van der Waals surface area contributed by atoms with Crippen molar-refractivity contribution in [3.8, 4) is 0 Å². The number of nitrogen functional groups attached to an aromatic ring is 1. The third-order valence-corrected chi connectivity index (χ3v) is 9.62. The fourth-order valence-corrected chi connectivity index (χ4v) is 7.86. The number of rotatable bonds is 8. The van der Waals surface area contributed by atoms with E-state index in [9.17, 15) is 19.5 Å². The molecule has 2 aliphatic rings. The van der Waals surface area contributed by atoms with Crippen molar-refractivity contribution >= 4 is 85.0 Å². The quantitative estimate of drug-likeness (QED) is 0.161. The van der Waals surface area contributed by atoms with E-state index in [0.29, 0.717) is 17.1 Å². The summed E-state index contributed by atoms with van der Waals surface area (Å²) in [6.07, 6.45) is 0. The van der Waals surface area contributed by atoms with Crippen LogP contribution >= 0.6 is 46.2 Å². The van der Waals surface area contributed by atoms with Gasteiger partial charge in [-0.05, 0) is 17.7 Å². The highest BCUT2D eigenvalue weighted by molar-refractivity contribution is 8.02. The van der Waals surface area contributed by atoms with Gasteiger partial charge in [0.15, 0.2) is 15.2 Å². The van der Waals surface area contributed by atoms with E-state index in [1.165, 1.54) is 46.9 Å². The van der Waals surface area contributed by atoms with Gasteiger partial charge in [-0.15, -0.1) is 34.4 Å². The highest BCUT2D eigenvalue weighted by Crippen LogP contribution is 2.42. The monoisotopic (exact) mass is 562 g/mol. The van der Waals surface area contributed by atoms with Gasteiger partial charge in [0.05, 0.1) is 10.2 Å². The molecule has 186 valence electrons. The number of carbonyl (C=O) groups excluding carboxylic acids is 2. The molecule has 4 N–H and O–H groups in total. The zero-order chi connectivity index (χ0) is 25.4. The molecule has 3 aromatic rings. The van der Waals surface area contributed by atoms with E-state index in [-0.39, 0.29) is 22.2 Å². The maximum Gasteiger partial charge on any atom is 0.352 e. The zero-order valence-corrected chi connectivity index (χ0v) is 21.8. The fraction of sp³-hybridized carbons (Fsp3) is 0.238. The van der Waals surface area contributed by atoms with Gasteiger partial charge < -0.3 is 21.0 Å². The van der Waals surface area contributed by atoms with Crippen LogP contribution in [0.3, 0.4) is 0 Å². The number of carboxylic acid groups (broad SMARTS) is 1. The summed E-state index contributed by atoms with van der Waals surface area (Å²) in [4.78, 5) is 52.6. The second kappa shape index (κ2) is 10.1. The molecule has 11 nitrogen and oxygen atoms in total. The Hall–Kier alpha value is -3.14. The van der Waals surface area contributed by atoms with E-state index in [1.54, 1.807) is 5.38 Å². The van der Waals surface area contributed by atoms with Crippen molar-refractivity contribution in [1.82, 2.24) is 20.2 Å². The normalized spacial score (nSPS) is 19.8. The number of nitrogens with one attached hydrogen (secondary N) is 1. The minimum absolute atomic E-state index is 0.0408. The number of fused-ring (bicyclic) bond motifs is 2. The van der Waals surface area contributed by atoms with E-state index in [4.69, 9.17) is 10.6 Å². The first-order valence-electron chi connectivity index (χ1n) is 10.4. The van der Waals surface area contributed by atoms with Gasteiger partial charge in [-0.2, -0.15) is 0 Å². The molecular formula is C21H18N6O5S4. The highest BCUT2D eigenvalue weighted by atomic mass is 32.2. The minimum atomic E-state index is -1.18. The Balaban J connectivity index is 1.31. The number of benzene rings is 1. The fourth-order valence-electron chi connectivity index (χ4n) is 3.76. The molecule has 1 aromatic carbocycles. The third kappa shape index (κ3) is 4.54. The predicted octanol–water partition coefficient (Wildman–Crippen LogP) is 2.22. The molecular weight excluding hydrogens is 545 g/mol. The van der Waals surface area contributed by atoms with Gasteiger partial charge in [-0.25, -0.2) is 14.8 Å². The number of aromatic nitrogens is 2. The number of nitrogens with zero attached hydrogens (tertiary/aromatic N) is 4. The SMILES string of the molecule is CO/N=C(\C(=O)N[C@@H]1C(=O)N2C(C(=O)O)=C(CSc3nc4ccccc4s3)CSC12)c1csc(N)n1. The molecule has 36 heavy (non-hydrogen) atoms. The number of thiazole rings is 2. The number of hydrogen-bond acceptors (Lipinski definition) is 12. The van der Waals surface area contributed by atoms with Crippen LogP contribution in [-0.2, 0) is 19.2 Å². The Morgan fingerprint density at radius 2 is 2.17 bits per heavy atom. The Morgan fingerprint density at radius 1 is 1.36 bits per heavy atom. The highest BCUT2D eigenvalue weighted by Gasteiger charge is 2.54. The maximum atomic E-state index is 13.0. The van der Waals surface area contributed by atoms with Crippen LogP contribution in [0.4, 0.5) is 5.13 Å². The summed E-state index contributed by atoms with van der Waals surface area (Å²) in [5, 5.41) is 17.5. The van der Waals surface area contributed by atoms with Crippen LogP contribution in [0.2, 0.25) is 0 Å². The Bertz CT molecular complexity index is 1400. The number of β-lactam (4-membered cyclic amide) rings is 1. The molecule has 1 saturated heterocycles. The smallest absolute Gasteiger partial charge is 0.352 e. The van der Waals surface area contributed by atoms with Crippen LogP contribution in [0.5, 0.6) is 0 Å². The molecule has 2 amide bonds. The third-order valence-electron chi connectivity index (χ3n) is 5.34. The number of para-hydroxylation sites is 1. The first-order valence-corrected chi connectivity index (χ1v) is 14.1. The Labute approximate surface area is 220 Å². The molecule has 2 aromatic heterocycles. The van der Waals surface area contributed by atoms with Gasteiger partial charge in [-0.3, -0.25) is 14.5 Å². The summed E-state index contributed by atoms with van der Waals surface area (Å²) in [5.74, 6) is -1.56. The lowest BCUT2D eigenvalue weighted by Gasteiger charge is -2.49. The van der Waals surface area contributed by atoms with Gasteiger partial charge in [0.1, 0.15) is 29.9 Å². The van der Waals surface area contributed by atoms with Crippen LogP contribution in [0.25, 0.3) is 10.2 Å². The summed E-state index contributed by atoms with van der Waals surface area (Å²) in [6, 6.07) is 6.87. The summed E-state index contributed by atoms with van der Waals surface area (Å²) < 4.78 is 1.88. The van der Waals surface area contributed by atoms with Crippen molar-refractivity contribution in [1.29, 1.82) is 0 Å². The average molecular weight is 563 g/mol. The van der Waals surface area contributed by atoms with Gasteiger partial charge in [0, 0.05) is 16.9 Å². The van der Waals surface area contributed by atoms with Crippen molar-refractivity contribution in [2.24, 2.45) is 5.16 Å². The predicted molar refractivity (Wildman–Crippen MR) is 140 cm³/mol. The van der Waals surface area contributed by atoms with Crippen molar-refractivity contribution < 1.29 is 24.3 Å². The standard InChI is InChI=1S/C21H18N6O5S4/c1-32-26-13(11-8-34-20(22)23-11)16(28)25-14-17(29)27-15(19(30)31)9(6-33-18(14)27)7-35-21-24-10-4-2-3-5-12(10)36-21/h2-5,8,14,18H,6-7H2,1H3,(H2,22,23)(H,25,28)(H,30,31)/b26-13-/t14-,18?/m1/s1. The first kappa shape index (κ1) is 24.5. The molecule has 5 rings (SSSR count). The number of nitrogens with two attached hydrogens (primary N) is 1. The van der Waals surface area contributed by atoms with E-state index < -0.39 is 29.2 Å². The number of carboxylic acids is 1. The molecule has 2 atom stereocenters. The van der Waals surface area contributed by atoms with Gasteiger partial charge in [0.2, 0.25) is 0 Å². The lowest BCUT2D eigenvalue weighted by molar-refractivity contribution is -0.150. The Kier molecular flexibility index (Phi) is 6.87. The van der Waals surface area contributed by atoms with Crippen molar-refractivity contribution in [2.75, 3.05) is 24.3 Å². The van der Waals surface area contributed by atoms with E-state index >= 15 is 0 Å². The summed E-state index contributed by atoms with van der Waals surface area (Å²) in [6.45, 7) is 0. The van der Waals surface area contributed by atoms with Crippen molar-refractivity contribution in [3.63, 3.8) is 0 Å². The number of hydrogen-bond donors (Lipinski definition) is 3. The van der Waals surface area contributed by atoms with E-state index in [0.717, 1.165) is 25.9 Å². The zero-order valence-electron chi connectivity index (χ0n) is 18.5. The number of amides is 2. The summed E-state index contributed by atoms with van der Waals surface area (Å²) in [5.41, 5.74) is 7.22. The first-order chi connectivity index (χ1) is 17.4. The minimum Gasteiger partial charge on any atom is -0.477 e. The molecule has 0 aliphatic carbocycles. The van der Waals surface area contributed by atoms with Crippen LogP contribution in [0, 0.1) is 0 Å². The number of oxime groups is 1. The van der Waals surface area contributed by atoms with Crippen molar-refractivity contribution in [2.45, 2.75) is 15.8 Å². The molecule has 15 heteroatoms. The molecule has 4 heterocycles. The molecule has 2 aliphatic heterocycles. The van der Waals surface area contributed by atoms with Crippen LogP contribution in [0.15, 0.2) is 50.4 Å². The molecule has 0 bridgehead atoms. The van der Waals surface area contributed by atoms with Gasteiger partial charge in [-0.1, -0.05) is 29.1 Å². The topological polar surface area (TPSA) is 160 Å². The maximum absolute atomic E-state index is 13.0. The molecule has 1 fully saturated rings. The number of aliphatic carboxylic acids is 1. The average Bonchev–Trinajstić information content (AvgIpc) is 3.49. The van der Waals surface area contributed by atoms with E-state index in [2.05, 4.69) is 20.4 Å². The van der Waals surface area contributed by atoms with E-state index in [1.807, 2.05) is 24.3 Å². The molecule has 0 radical (unpaired) electrons. The van der Waals surface area contributed by atoms with Crippen LogP contribution in [-0.4, -0.2) is 73.5 Å². The van der Waals surface area contributed by atoms with Gasteiger partial charge >= 0.3 is 5.97 Å².